The fraction of sp³-hybridized carbons (Fsp3) is 0.474. The first-order chi connectivity index (χ1) is 13.6. The third-order valence-electron chi connectivity index (χ3n) is 5.56. The minimum Gasteiger partial charge on any atom is -0.404 e. The predicted molar refractivity (Wildman–Crippen MR) is 106 cm³/mol. The number of nitriles is 1. The van der Waals surface area contributed by atoms with E-state index in [1.165, 1.54) is 17.0 Å². The molecule has 9 heteroatoms. The summed E-state index contributed by atoms with van der Waals surface area (Å²) in [6.07, 6.45) is 5.20. The second-order valence-corrected chi connectivity index (χ2v) is 7.30. The molecule has 2 aliphatic rings. The minimum absolute atomic E-state index is 0.124. The van der Waals surface area contributed by atoms with E-state index in [1.807, 2.05) is 6.07 Å². The number of morpholine rings is 1. The van der Waals surface area contributed by atoms with E-state index in [9.17, 15) is 5.26 Å². The van der Waals surface area contributed by atoms with Gasteiger partial charge in [-0.2, -0.15) is 15.0 Å². The molecule has 0 aliphatic carbocycles. The standard InChI is InChI=1S/C19H24N8O/c1-13-10-28-7-6-26(13)17-8-15(19(11-21)3-5-23-12-19)14-9-24-27(18(14)25-17)16(22)2-4-20/h2,4,8-9,13,22-23H,3,5-7,10,12,20H2,1H3/b4-2-,22-16?/t13-,19?/m1/s1. The zero-order valence-electron chi connectivity index (χ0n) is 15.9. The summed E-state index contributed by atoms with van der Waals surface area (Å²) in [4.78, 5) is 7.03. The van der Waals surface area contributed by atoms with Crippen LogP contribution in [0.1, 0.15) is 18.9 Å². The highest BCUT2D eigenvalue weighted by Crippen LogP contribution is 2.37. The number of nitrogens with zero attached hydrogens (tertiary/aromatic N) is 5. The Kier molecular flexibility index (Phi) is 4.75. The van der Waals surface area contributed by atoms with E-state index in [2.05, 4.69) is 28.3 Å². The van der Waals surface area contributed by atoms with Crippen molar-refractivity contribution in [3.8, 4) is 6.07 Å². The van der Waals surface area contributed by atoms with Gasteiger partial charge in [-0.05, 0) is 43.8 Å². The van der Waals surface area contributed by atoms with Gasteiger partial charge in [0.2, 0.25) is 0 Å². The first-order valence-electron chi connectivity index (χ1n) is 9.42. The second kappa shape index (κ2) is 7.22. The molecule has 4 rings (SSSR count). The number of hydrogen-bond acceptors (Lipinski definition) is 8. The smallest absolute Gasteiger partial charge is 0.167 e. The maximum atomic E-state index is 10.0. The second-order valence-electron chi connectivity index (χ2n) is 7.30. The van der Waals surface area contributed by atoms with Crippen molar-refractivity contribution >= 4 is 22.7 Å². The van der Waals surface area contributed by atoms with Crippen molar-refractivity contribution < 1.29 is 4.74 Å². The van der Waals surface area contributed by atoms with E-state index in [0.717, 1.165) is 36.3 Å². The molecule has 146 valence electrons. The van der Waals surface area contributed by atoms with E-state index in [-0.39, 0.29) is 11.9 Å². The summed E-state index contributed by atoms with van der Waals surface area (Å²) >= 11 is 0. The Hall–Kier alpha value is -2.96. The van der Waals surface area contributed by atoms with E-state index >= 15 is 0 Å². The monoisotopic (exact) mass is 380 g/mol. The lowest BCUT2D eigenvalue weighted by atomic mass is 9.80. The molecule has 9 nitrogen and oxygen atoms in total. The highest BCUT2D eigenvalue weighted by molar-refractivity contribution is 5.98. The third-order valence-corrected chi connectivity index (χ3v) is 5.56. The molecule has 0 saturated carbocycles. The summed E-state index contributed by atoms with van der Waals surface area (Å²) in [5, 5.41) is 26.8. The van der Waals surface area contributed by atoms with Crippen LogP contribution in [0, 0.1) is 16.7 Å². The summed E-state index contributed by atoms with van der Waals surface area (Å²) in [6, 6.07) is 4.73. The summed E-state index contributed by atoms with van der Waals surface area (Å²) in [7, 11) is 0. The summed E-state index contributed by atoms with van der Waals surface area (Å²) in [5.74, 6) is 0.907. The average Bonchev–Trinajstić information content (AvgIpc) is 3.35. The van der Waals surface area contributed by atoms with Gasteiger partial charge >= 0.3 is 0 Å². The van der Waals surface area contributed by atoms with Gasteiger partial charge in [0.25, 0.3) is 0 Å². The van der Waals surface area contributed by atoms with Crippen LogP contribution in [0.2, 0.25) is 0 Å². The van der Waals surface area contributed by atoms with Gasteiger partial charge in [0.05, 0.1) is 36.9 Å². The molecule has 2 fully saturated rings. The van der Waals surface area contributed by atoms with Crippen molar-refractivity contribution in [2.75, 3.05) is 37.7 Å². The predicted octanol–water partition coefficient (Wildman–Crippen LogP) is 0.709. The maximum absolute atomic E-state index is 10.0. The molecule has 2 aromatic heterocycles. The first-order valence-corrected chi connectivity index (χ1v) is 9.42. The van der Waals surface area contributed by atoms with Crippen LogP contribution in [0.15, 0.2) is 24.5 Å². The number of nitrogens with two attached hydrogens (primary N) is 1. The van der Waals surface area contributed by atoms with Crippen LogP contribution in [-0.2, 0) is 10.2 Å². The Morgan fingerprint density at radius 2 is 2.43 bits per heavy atom. The largest absolute Gasteiger partial charge is 0.404 e. The lowest BCUT2D eigenvalue weighted by molar-refractivity contribution is 0.0985. The molecule has 0 radical (unpaired) electrons. The van der Waals surface area contributed by atoms with E-state index in [4.69, 9.17) is 20.9 Å². The van der Waals surface area contributed by atoms with Crippen LogP contribution in [0.3, 0.4) is 0 Å². The molecule has 0 spiro atoms. The molecule has 4 N–H and O–H groups in total. The van der Waals surface area contributed by atoms with E-state index in [1.54, 1.807) is 6.20 Å². The molecule has 4 heterocycles. The number of fused-ring (bicyclic) bond motifs is 1. The number of aromatic nitrogens is 3. The summed E-state index contributed by atoms with van der Waals surface area (Å²) in [6.45, 7) is 5.47. The maximum Gasteiger partial charge on any atom is 0.167 e. The van der Waals surface area contributed by atoms with Crippen molar-refractivity contribution in [3.63, 3.8) is 0 Å². The number of ether oxygens (including phenoxy) is 1. The van der Waals surface area contributed by atoms with Gasteiger partial charge in [0.15, 0.2) is 5.65 Å². The molecule has 2 atom stereocenters. The van der Waals surface area contributed by atoms with Crippen LogP contribution in [0.5, 0.6) is 0 Å². The Labute approximate surface area is 163 Å². The highest BCUT2D eigenvalue weighted by Gasteiger charge is 2.39. The Bertz CT molecular complexity index is 966. The molecular formula is C19H24N8O. The molecule has 28 heavy (non-hydrogen) atoms. The molecule has 2 saturated heterocycles. The number of rotatable bonds is 3. The van der Waals surface area contributed by atoms with Gasteiger partial charge in [-0.3, -0.25) is 5.41 Å². The molecule has 1 unspecified atom stereocenters. The number of allylic oxidation sites excluding steroid dienone is 1. The fourth-order valence-electron chi connectivity index (χ4n) is 4.01. The molecule has 0 aromatic carbocycles. The topological polar surface area (TPSA) is 129 Å². The summed E-state index contributed by atoms with van der Waals surface area (Å²) < 4.78 is 7.03. The number of anilines is 1. The van der Waals surface area contributed by atoms with Crippen LogP contribution in [0.25, 0.3) is 11.0 Å². The van der Waals surface area contributed by atoms with Crippen molar-refractivity contribution in [3.05, 3.63) is 30.1 Å². The Morgan fingerprint density at radius 1 is 1.57 bits per heavy atom. The van der Waals surface area contributed by atoms with Crippen LogP contribution in [0.4, 0.5) is 5.82 Å². The number of pyridine rings is 1. The van der Waals surface area contributed by atoms with Gasteiger partial charge in [0, 0.05) is 18.5 Å². The zero-order chi connectivity index (χ0) is 19.7. The van der Waals surface area contributed by atoms with Gasteiger partial charge in [-0.25, -0.2) is 4.98 Å². The summed E-state index contributed by atoms with van der Waals surface area (Å²) in [5.41, 5.74) is 6.30. The fourth-order valence-corrected chi connectivity index (χ4v) is 4.01. The third kappa shape index (κ3) is 2.91. The average molecular weight is 380 g/mol. The molecular weight excluding hydrogens is 356 g/mol. The van der Waals surface area contributed by atoms with Crippen molar-refractivity contribution in [2.45, 2.75) is 24.8 Å². The minimum atomic E-state index is -0.634. The number of hydrogen-bond donors (Lipinski definition) is 3. The quantitative estimate of drug-likeness (QED) is 0.528. The van der Waals surface area contributed by atoms with Crippen LogP contribution >= 0.6 is 0 Å². The Morgan fingerprint density at radius 3 is 3.11 bits per heavy atom. The lowest BCUT2D eigenvalue weighted by Gasteiger charge is -2.35. The van der Waals surface area contributed by atoms with Gasteiger partial charge in [0.1, 0.15) is 11.7 Å². The van der Waals surface area contributed by atoms with E-state index < -0.39 is 5.41 Å². The van der Waals surface area contributed by atoms with Crippen molar-refractivity contribution in [1.82, 2.24) is 20.1 Å². The lowest BCUT2D eigenvalue weighted by Crippen LogP contribution is -2.44. The normalized spacial score (nSPS) is 25.4. The zero-order valence-corrected chi connectivity index (χ0v) is 15.9. The van der Waals surface area contributed by atoms with Crippen LogP contribution < -0.4 is 16.0 Å². The first kappa shape index (κ1) is 18.4. The molecule has 2 aliphatic heterocycles. The van der Waals surface area contributed by atoms with Gasteiger partial charge < -0.3 is 20.7 Å². The van der Waals surface area contributed by atoms with Gasteiger partial charge in [-0.1, -0.05) is 0 Å². The van der Waals surface area contributed by atoms with Gasteiger partial charge in [-0.15, -0.1) is 0 Å². The Balaban J connectivity index is 1.94. The van der Waals surface area contributed by atoms with Crippen molar-refractivity contribution in [1.29, 1.82) is 10.7 Å². The van der Waals surface area contributed by atoms with Crippen molar-refractivity contribution in [2.24, 2.45) is 5.73 Å². The molecule has 2 aromatic rings. The molecule has 0 bridgehead atoms. The van der Waals surface area contributed by atoms with E-state index in [0.29, 0.717) is 25.4 Å². The SMILES string of the molecule is C[C@@H]1COCCN1c1cc(C2(C#N)CCNC2)c2cnn(C(=N)/C=C\N)c2n1. The molecule has 0 amide bonds. The number of nitrogens with one attached hydrogen (secondary N) is 2. The van der Waals surface area contributed by atoms with Crippen LogP contribution in [-0.4, -0.2) is 59.5 Å². The highest BCUT2D eigenvalue weighted by atomic mass is 16.5.